The standard InChI is InChI=1S/C22H25FN2O3/c1-15(2)7-6-8-16(3)11-12-17-13-19(24)20(25(26)27)14-22(17)28-21-10-5-4-9-18(21)23/h4-5,7,9-11,13-14H,6,8,12,24H2,1-3H3/b16-11+. The van der Waals surface area contributed by atoms with Crippen molar-refractivity contribution in [3.8, 4) is 11.5 Å². The van der Waals surface area contributed by atoms with Crippen LogP contribution in [0.15, 0.2) is 59.7 Å². The molecule has 2 aromatic rings. The summed E-state index contributed by atoms with van der Waals surface area (Å²) in [7, 11) is 0. The molecule has 0 aromatic heterocycles. The molecule has 2 N–H and O–H groups in total. The Morgan fingerprint density at radius 3 is 2.54 bits per heavy atom. The van der Waals surface area contributed by atoms with Gasteiger partial charge in [0.05, 0.1) is 11.0 Å². The molecule has 0 aliphatic carbocycles. The highest BCUT2D eigenvalue weighted by molar-refractivity contribution is 5.64. The van der Waals surface area contributed by atoms with Crippen LogP contribution in [0.2, 0.25) is 0 Å². The lowest BCUT2D eigenvalue weighted by molar-refractivity contribution is -0.384. The Kier molecular flexibility index (Phi) is 7.32. The molecule has 0 aliphatic rings. The number of rotatable bonds is 8. The first-order valence-corrected chi connectivity index (χ1v) is 9.06. The molecule has 0 bridgehead atoms. The van der Waals surface area contributed by atoms with Crippen molar-refractivity contribution in [1.82, 2.24) is 0 Å². The largest absolute Gasteiger partial charge is 0.454 e. The molecule has 0 spiro atoms. The Hall–Kier alpha value is -3.15. The molecule has 2 rings (SSSR count). The number of anilines is 1. The molecule has 0 radical (unpaired) electrons. The minimum Gasteiger partial charge on any atom is -0.454 e. The molecule has 0 atom stereocenters. The van der Waals surface area contributed by atoms with Gasteiger partial charge in [-0.1, -0.05) is 35.4 Å². The Labute approximate surface area is 164 Å². The number of halogens is 1. The van der Waals surface area contributed by atoms with Gasteiger partial charge < -0.3 is 10.5 Å². The summed E-state index contributed by atoms with van der Waals surface area (Å²) in [6.07, 6.45) is 6.55. The highest BCUT2D eigenvalue weighted by atomic mass is 19.1. The lowest BCUT2D eigenvalue weighted by Crippen LogP contribution is -2.00. The van der Waals surface area contributed by atoms with Crippen LogP contribution in [0.3, 0.4) is 0 Å². The van der Waals surface area contributed by atoms with Crippen molar-refractivity contribution < 1.29 is 14.1 Å². The Morgan fingerprint density at radius 1 is 1.18 bits per heavy atom. The van der Waals surface area contributed by atoms with Crippen LogP contribution in [0.4, 0.5) is 15.8 Å². The van der Waals surface area contributed by atoms with Crippen molar-refractivity contribution in [1.29, 1.82) is 0 Å². The summed E-state index contributed by atoms with van der Waals surface area (Å²) in [5.74, 6) is -0.312. The van der Waals surface area contributed by atoms with E-state index >= 15 is 0 Å². The second kappa shape index (κ2) is 9.69. The lowest BCUT2D eigenvalue weighted by atomic mass is 10.0. The van der Waals surface area contributed by atoms with Gasteiger partial charge in [-0.15, -0.1) is 0 Å². The number of nitrogen functional groups attached to an aromatic ring is 1. The van der Waals surface area contributed by atoms with Crippen molar-refractivity contribution in [2.24, 2.45) is 0 Å². The van der Waals surface area contributed by atoms with Gasteiger partial charge >= 0.3 is 0 Å². The summed E-state index contributed by atoms with van der Waals surface area (Å²) < 4.78 is 19.6. The summed E-state index contributed by atoms with van der Waals surface area (Å²) in [6, 6.07) is 8.71. The van der Waals surface area contributed by atoms with E-state index in [0.717, 1.165) is 12.8 Å². The van der Waals surface area contributed by atoms with Crippen molar-refractivity contribution in [3.63, 3.8) is 0 Å². The van der Waals surface area contributed by atoms with Gasteiger partial charge in [-0.05, 0) is 58.2 Å². The predicted octanol–water partition coefficient (Wildman–Crippen LogP) is 6.34. The van der Waals surface area contributed by atoms with Gasteiger partial charge in [-0.3, -0.25) is 10.1 Å². The molecule has 0 saturated heterocycles. The van der Waals surface area contributed by atoms with Crippen molar-refractivity contribution in [3.05, 3.63) is 81.2 Å². The van der Waals surface area contributed by atoms with E-state index in [0.29, 0.717) is 12.0 Å². The summed E-state index contributed by atoms with van der Waals surface area (Å²) in [5, 5.41) is 11.2. The van der Waals surface area contributed by atoms with Crippen molar-refractivity contribution in [2.45, 2.75) is 40.0 Å². The first kappa shape index (κ1) is 21.2. The van der Waals surface area contributed by atoms with E-state index in [2.05, 4.69) is 19.9 Å². The van der Waals surface area contributed by atoms with Crippen molar-refractivity contribution >= 4 is 11.4 Å². The van der Waals surface area contributed by atoms with Crippen LogP contribution >= 0.6 is 0 Å². The fraction of sp³-hybridized carbons (Fsp3) is 0.273. The Balaban J connectivity index is 2.31. The molecule has 148 valence electrons. The first-order chi connectivity index (χ1) is 13.3. The Bertz CT molecular complexity index is 916. The summed E-state index contributed by atoms with van der Waals surface area (Å²) >= 11 is 0. The molecule has 5 nitrogen and oxygen atoms in total. The normalized spacial score (nSPS) is 11.2. The van der Waals surface area contributed by atoms with E-state index in [-0.39, 0.29) is 22.9 Å². The third-order valence-corrected chi connectivity index (χ3v) is 4.22. The molecular formula is C22H25FN2O3. The summed E-state index contributed by atoms with van der Waals surface area (Å²) in [6.45, 7) is 6.15. The molecule has 0 fully saturated rings. The van der Waals surface area contributed by atoms with E-state index in [1.807, 2.05) is 13.0 Å². The zero-order valence-corrected chi connectivity index (χ0v) is 16.4. The number of hydrogen-bond donors (Lipinski definition) is 1. The monoisotopic (exact) mass is 384 g/mol. The van der Waals surface area contributed by atoms with E-state index in [4.69, 9.17) is 10.5 Å². The van der Waals surface area contributed by atoms with Crippen molar-refractivity contribution in [2.75, 3.05) is 5.73 Å². The molecule has 28 heavy (non-hydrogen) atoms. The number of nitrogens with two attached hydrogens (primary N) is 1. The molecular weight excluding hydrogens is 359 g/mol. The van der Waals surface area contributed by atoms with Gasteiger partial charge in [-0.25, -0.2) is 4.39 Å². The Morgan fingerprint density at radius 2 is 1.89 bits per heavy atom. The third-order valence-electron chi connectivity index (χ3n) is 4.22. The first-order valence-electron chi connectivity index (χ1n) is 9.06. The molecule has 0 heterocycles. The summed E-state index contributed by atoms with van der Waals surface area (Å²) in [4.78, 5) is 10.6. The molecule has 0 unspecified atom stereocenters. The smallest absolute Gasteiger partial charge is 0.295 e. The number of para-hydroxylation sites is 1. The topological polar surface area (TPSA) is 78.4 Å². The van der Waals surface area contributed by atoms with Crippen LogP contribution in [0.5, 0.6) is 11.5 Å². The average Bonchev–Trinajstić information content (AvgIpc) is 2.62. The minimum absolute atomic E-state index is 0.00655. The predicted molar refractivity (Wildman–Crippen MR) is 110 cm³/mol. The maximum absolute atomic E-state index is 14.0. The zero-order valence-electron chi connectivity index (χ0n) is 16.4. The highest BCUT2D eigenvalue weighted by Gasteiger charge is 2.18. The van der Waals surface area contributed by atoms with E-state index in [1.165, 1.54) is 35.4 Å². The molecule has 0 amide bonds. The van der Waals surface area contributed by atoms with Gasteiger partial charge in [-0.2, -0.15) is 0 Å². The van der Waals surface area contributed by atoms with Crippen LogP contribution in [0.25, 0.3) is 0 Å². The second-order valence-corrected chi connectivity index (χ2v) is 6.88. The van der Waals surface area contributed by atoms with Crippen LogP contribution < -0.4 is 10.5 Å². The fourth-order valence-corrected chi connectivity index (χ4v) is 2.67. The highest BCUT2D eigenvalue weighted by Crippen LogP contribution is 2.35. The zero-order chi connectivity index (χ0) is 20.7. The molecule has 2 aromatic carbocycles. The van der Waals surface area contributed by atoms with Gasteiger partial charge in [0, 0.05) is 5.56 Å². The van der Waals surface area contributed by atoms with E-state index in [9.17, 15) is 14.5 Å². The van der Waals surface area contributed by atoms with E-state index in [1.54, 1.807) is 12.1 Å². The summed E-state index contributed by atoms with van der Waals surface area (Å²) in [5.41, 5.74) is 8.74. The number of nitro groups is 1. The van der Waals surface area contributed by atoms with Crippen LogP contribution in [-0.2, 0) is 6.42 Å². The maximum atomic E-state index is 14.0. The van der Waals surface area contributed by atoms with Gasteiger partial charge in [0.2, 0.25) is 0 Å². The molecule has 0 aliphatic heterocycles. The SMILES string of the molecule is CC(C)=CCC/C(C)=C/Cc1cc(N)c([N+](=O)[O-])cc1Oc1ccccc1F. The second-order valence-electron chi connectivity index (χ2n) is 6.88. The lowest BCUT2D eigenvalue weighted by Gasteiger charge is -2.12. The van der Waals surface area contributed by atoms with E-state index < -0.39 is 10.7 Å². The van der Waals surface area contributed by atoms with Crippen LogP contribution in [0.1, 0.15) is 39.2 Å². The number of nitrogens with zero attached hydrogens (tertiary/aromatic N) is 1. The number of nitro benzene ring substituents is 1. The fourth-order valence-electron chi connectivity index (χ4n) is 2.67. The third kappa shape index (κ3) is 5.94. The molecule has 6 heteroatoms. The minimum atomic E-state index is -0.576. The number of benzene rings is 2. The maximum Gasteiger partial charge on any atom is 0.295 e. The molecule has 0 saturated carbocycles. The quantitative estimate of drug-likeness (QED) is 0.249. The van der Waals surface area contributed by atoms with Gasteiger partial charge in [0.1, 0.15) is 11.4 Å². The number of hydrogen-bond acceptors (Lipinski definition) is 4. The number of allylic oxidation sites excluding steroid dienone is 4. The van der Waals surface area contributed by atoms with Gasteiger partial charge in [0.15, 0.2) is 11.6 Å². The average molecular weight is 384 g/mol. The van der Waals surface area contributed by atoms with Crippen LogP contribution in [0, 0.1) is 15.9 Å². The van der Waals surface area contributed by atoms with Crippen LogP contribution in [-0.4, -0.2) is 4.92 Å². The number of ether oxygens (including phenoxy) is 1. The van der Waals surface area contributed by atoms with Gasteiger partial charge in [0.25, 0.3) is 5.69 Å².